The molecule has 0 spiro atoms. The van der Waals surface area contributed by atoms with Crippen LogP contribution in [-0.4, -0.2) is 36.5 Å². The van der Waals surface area contributed by atoms with Crippen LogP contribution in [-0.2, 0) is 6.54 Å². The Kier molecular flexibility index (Phi) is 6.26. The number of anilines is 1. The molecule has 0 amide bonds. The van der Waals surface area contributed by atoms with Gasteiger partial charge in [0.25, 0.3) is 5.91 Å². The lowest BCUT2D eigenvalue weighted by Crippen LogP contribution is -2.19. The van der Waals surface area contributed by atoms with Crippen LogP contribution in [0.1, 0.15) is 39.8 Å². The molecule has 30 heavy (non-hydrogen) atoms. The zero-order valence-electron chi connectivity index (χ0n) is 16.8. The first-order valence-electron chi connectivity index (χ1n) is 9.67. The number of hydrogen-bond acceptors (Lipinski definition) is 7. The second kappa shape index (κ2) is 9.07. The highest BCUT2D eigenvalue weighted by Gasteiger charge is 2.25. The SMILES string of the molecule is COc1ccc(C(=O)n2nc(C3CCCN3)cc2NCc2ccc(Cl)s2)c(OC)c1. The molecule has 0 saturated carbocycles. The Morgan fingerprint density at radius 3 is 2.83 bits per heavy atom. The number of aromatic nitrogens is 2. The van der Waals surface area contributed by atoms with Crippen LogP contribution < -0.4 is 20.1 Å². The first kappa shape index (κ1) is 20.7. The van der Waals surface area contributed by atoms with Gasteiger partial charge in [-0.3, -0.25) is 4.79 Å². The maximum atomic E-state index is 13.4. The molecule has 3 heterocycles. The van der Waals surface area contributed by atoms with Gasteiger partial charge in [0.2, 0.25) is 0 Å². The lowest BCUT2D eigenvalue weighted by atomic mass is 10.1. The van der Waals surface area contributed by atoms with Gasteiger partial charge in [-0.2, -0.15) is 9.78 Å². The van der Waals surface area contributed by atoms with Crippen LogP contribution in [0.4, 0.5) is 5.82 Å². The monoisotopic (exact) mass is 446 g/mol. The number of benzene rings is 1. The molecule has 1 aliphatic rings. The number of thiophene rings is 1. The first-order chi connectivity index (χ1) is 14.6. The molecule has 2 N–H and O–H groups in total. The number of nitrogens with one attached hydrogen (secondary N) is 2. The van der Waals surface area contributed by atoms with E-state index in [1.807, 2.05) is 18.2 Å². The molecule has 1 fully saturated rings. The van der Waals surface area contributed by atoms with Gasteiger partial charge in [-0.05, 0) is 43.7 Å². The van der Waals surface area contributed by atoms with Crippen molar-refractivity contribution >= 4 is 34.7 Å². The fraction of sp³-hybridized carbons (Fsp3) is 0.333. The van der Waals surface area contributed by atoms with Crippen molar-refractivity contribution in [3.05, 3.63) is 56.9 Å². The Morgan fingerprint density at radius 2 is 2.17 bits per heavy atom. The van der Waals surface area contributed by atoms with Gasteiger partial charge in [0.1, 0.15) is 17.3 Å². The molecule has 1 atom stereocenters. The number of hydrogen-bond donors (Lipinski definition) is 2. The molecule has 1 aliphatic heterocycles. The minimum atomic E-state index is -0.273. The number of carbonyl (C=O) groups is 1. The van der Waals surface area contributed by atoms with Crippen LogP contribution in [0.25, 0.3) is 0 Å². The van der Waals surface area contributed by atoms with E-state index in [0.29, 0.717) is 29.4 Å². The molecule has 158 valence electrons. The summed E-state index contributed by atoms with van der Waals surface area (Å²) in [5, 5.41) is 11.4. The van der Waals surface area contributed by atoms with E-state index in [0.717, 1.165) is 34.3 Å². The van der Waals surface area contributed by atoms with E-state index in [9.17, 15) is 4.79 Å². The van der Waals surface area contributed by atoms with Crippen LogP contribution in [0, 0.1) is 0 Å². The smallest absolute Gasteiger partial charge is 0.283 e. The Morgan fingerprint density at radius 1 is 1.30 bits per heavy atom. The molecule has 3 aromatic rings. The van der Waals surface area contributed by atoms with Gasteiger partial charge in [0.05, 0.1) is 42.4 Å². The highest BCUT2D eigenvalue weighted by molar-refractivity contribution is 7.16. The van der Waals surface area contributed by atoms with Crippen molar-refractivity contribution in [1.29, 1.82) is 0 Å². The first-order valence-corrected chi connectivity index (χ1v) is 10.9. The van der Waals surface area contributed by atoms with Crippen molar-refractivity contribution < 1.29 is 14.3 Å². The van der Waals surface area contributed by atoms with E-state index in [1.54, 1.807) is 25.3 Å². The molecule has 0 aliphatic carbocycles. The molecule has 2 aromatic heterocycles. The normalized spacial score (nSPS) is 15.9. The van der Waals surface area contributed by atoms with E-state index in [1.165, 1.54) is 23.1 Å². The van der Waals surface area contributed by atoms with E-state index in [4.69, 9.17) is 21.1 Å². The number of halogens is 1. The quantitative estimate of drug-likeness (QED) is 0.562. The van der Waals surface area contributed by atoms with Gasteiger partial charge in [0, 0.05) is 17.0 Å². The summed E-state index contributed by atoms with van der Waals surface area (Å²) in [4.78, 5) is 14.5. The Balaban J connectivity index is 1.67. The van der Waals surface area contributed by atoms with Gasteiger partial charge in [-0.25, -0.2) is 0 Å². The summed E-state index contributed by atoms with van der Waals surface area (Å²) < 4.78 is 12.8. The van der Waals surface area contributed by atoms with Gasteiger partial charge in [-0.15, -0.1) is 11.3 Å². The van der Waals surface area contributed by atoms with Crippen LogP contribution in [0.15, 0.2) is 36.4 Å². The number of rotatable bonds is 7. The third-order valence-corrected chi connectivity index (χ3v) is 6.28. The fourth-order valence-corrected chi connectivity index (χ4v) is 4.53. The number of nitrogens with zero attached hydrogens (tertiary/aromatic N) is 2. The predicted molar refractivity (Wildman–Crippen MR) is 118 cm³/mol. The molecule has 0 radical (unpaired) electrons. The number of carbonyl (C=O) groups excluding carboxylic acids is 1. The van der Waals surface area contributed by atoms with Gasteiger partial charge < -0.3 is 20.1 Å². The molecule has 1 unspecified atom stereocenters. The largest absolute Gasteiger partial charge is 0.497 e. The van der Waals surface area contributed by atoms with E-state index in [2.05, 4.69) is 15.7 Å². The number of ether oxygens (including phenoxy) is 2. The predicted octanol–water partition coefficient (Wildman–Crippen LogP) is 4.34. The summed E-state index contributed by atoms with van der Waals surface area (Å²) in [5.41, 5.74) is 1.26. The lowest BCUT2D eigenvalue weighted by molar-refractivity contribution is 0.0943. The van der Waals surface area contributed by atoms with Crippen molar-refractivity contribution in [3.63, 3.8) is 0 Å². The molecule has 0 bridgehead atoms. The summed E-state index contributed by atoms with van der Waals surface area (Å²) in [6.07, 6.45) is 2.09. The Hall–Kier alpha value is -2.55. The maximum Gasteiger partial charge on any atom is 0.283 e. The van der Waals surface area contributed by atoms with E-state index >= 15 is 0 Å². The number of methoxy groups -OCH3 is 2. The Labute approximate surface area is 183 Å². The van der Waals surface area contributed by atoms with Crippen molar-refractivity contribution in [2.75, 3.05) is 26.1 Å². The van der Waals surface area contributed by atoms with E-state index in [-0.39, 0.29) is 11.9 Å². The minimum Gasteiger partial charge on any atom is -0.497 e. The molecule has 1 aromatic carbocycles. The van der Waals surface area contributed by atoms with Crippen molar-refractivity contribution in [1.82, 2.24) is 15.1 Å². The highest BCUT2D eigenvalue weighted by Crippen LogP contribution is 2.29. The summed E-state index contributed by atoms with van der Waals surface area (Å²) in [5.74, 6) is 1.41. The lowest BCUT2D eigenvalue weighted by Gasteiger charge is -2.12. The molecule has 4 rings (SSSR count). The summed E-state index contributed by atoms with van der Waals surface area (Å²) in [6, 6.07) is 11.0. The van der Waals surface area contributed by atoms with Crippen molar-refractivity contribution in [2.24, 2.45) is 0 Å². The Bertz CT molecular complexity index is 1040. The standard InChI is InChI=1S/C21H23ClN4O3S/c1-28-13-5-7-15(18(10-13)29-2)21(27)26-20(24-12-14-6-8-19(22)30-14)11-17(25-26)16-4-3-9-23-16/h5-8,10-11,16,23-24H,3-4,9,12H2,1-2H3. The van der Waals surface area contributed by atoms with Crippen molar-refractivity contribution in [2.45, 2.75) is 25.4 Å². The van der Waals surface area contributed by atoms with E-state index < -0.39 is 0 Å². The van der Waals surface area contributed by atoms with Gasteiger partial charge >= 0.3 is 0 Å². The molecule has 7 nitrogen and oxygen atoms in total. The topological polar surface area (TPSA) is 77.4 Å². The minimum absolute atomic E-state index is 0.147. The third kappa shape index (κ3) is 4.30. The average molecular weight is 447 g/mol. The summed E-state index contributed by atoms with van der Waals surface area (Å²) >= 11 is 7.54. The molecule has 9 heteroatoms. The molecular weight excluding hydrogens is 424 g/mol. The molecular formula is C21H23ClN4O3S. The van der Waals surface area contributed by atoms with Crippen LogP contribution in [0.3, 0.4) is 0 Å². The van der Waals surface area contributed by atoms with Crippen molar-refractivity contribution in [3.8, 4) is 11.5 Å². The summed E-state index contributed by atoms with van der Waals surface area (Å²) in [7, 11) is 3.10. The highest BCUT2D eigenvalue weighted by atomic mass is 35.5. The fourth-order valence-electron chi connectivity index (χ4n) is 3.50. The van der Waals surface area contributed by atoms with Crippen LogP contribution in [0.2, 0.25) is 4.34 Å². The zero-order valence-corrected chi connectivity index (χ0v) is 18.3. The zero-order chi connectivity index (χ0) is 21.1. The summed E-state index contributed by atoms with van der Waals surface area (Å²) in [6.45, 7) is 1.50. The van der Waals surface area contributed by atoms with Gasteiger partial charge in [-0.1, -0.05) is 11.6 Å². The third-order valence-electron chi connectivity index (χ3n) is 5.05. The second-order valence-corrected chi connectivity index (χ2v) is 8.75. The van der Waals surface area contributed by atoms with Gasteiger partial charge in [0.15, 0.2) is 0 Å². The maximum absolute atomic E-state index is 13.4. The van der Waals surface area contributed by atoms with Crippen LogP contribution >= 0.6 is 22.9 Å². The second-order valence-electron chi connectivity index (χ2n) is 6.95. The van der Waals surface area contributed by atoms with Crippen LogP contribution in [0.5, 0.6) is 11.5 Å². The molecule has 1 saturated heterocycles. The average Bonchev–Trinajstić information content (AvgIpc) is 3.51.